The Bertz CT molecular complexity index is 1040. The van der Waals surface area contributed by atoms with Gasteiger partial charge < -0.3 is 10.6 Å². The summed E-state index contributed by atoms with van der Waals surface area (Å²) in [7, 11) is 0. The van der Waals surface area contributed by atoms with Crippen LogP contribution >= 0.6 is 0 Å². The second-order valence-electron chi connectivity index (χ2n) is 6.57. The number of pyridine rings is 1. The van der Waals surface area contributed by atoms with Gasteiger partial charge in [-0.2, -0.15) is 4.68 Å². The van der Waals surface area contributed by atoms with Gasteiger partial charge in [-0.25, -0.2) is 0 Å². The normalized spacial score (nSPS) is 15.9. The van der Waals surface area contributed by atoms with Crippen LogP contribution in [0.3, 0.4) is 0 Å². The predicted molar refractivity (Wildman–Crippen MR) is 101 cm³/mol. The van der Waals surface area contributed by atoms with Gasteiger partial charge in [0.1, 0.15) is 6.04 Å². The maximum Gasteiger partial charge on any atom is 0.255 e. The maximum atomic E-state index is 13.2. The van der Waals surface area contributed by atoms with Gasteiger partial charge in [-0.1, -0.05) is 28.9 Å². The summed E-state index contributed by atoms with van der Waals surface area (Å²) in [5.41, 5.74) is 5.01. The third kappa shape index (κ3) is 3.05. The summed E-state index contributed by atoms with van der Waals surface area (Å²) in [4.78, 5) is 17.4. The molecule has 1 aromatic carbocycles. The van der Waals surface area contributed by atoms with E-state index in [2.05, 4.69) is 31.1 Å². The van der Waals surface area contributed by atoms with Crippen molar-refractivity contribution in [3.8, 4) is 0 Å². The Labute approximate surface area is 156 Å². The number of aromatic nitrogens is 5. The number of nitrogens with zero attached hydrogens (tertiary/aromatic N) is 5. The number of hydrogen-bond acceptors (Lipinski definition) is 6. The molecule has 1 aliphatic heterocycles. The molecular weight excluding hydrogens is 342 g/mol. The van der Waals surface area contributed by atoms with Crippen LogP contribution in [0.15, 0.2) is 54.0 Å². The quantitative estimate of drug-likeness (QED) is 0.744. The van der Waals surface area contributed by atoms with Crippen LogP contribution < -0.4 is 10.6 Å². The molecule has 2 N–H and O–H groups in total. The minimum absolute atomic E-state index is 0.207. The van der Waals surface area contributed by atoms with Gasteiger partial charge in [0, 0.05) is 23.8 Å². The molecule has 1 amide bonds. The Hall–Kier alpha value is -3.55. The van der Waals surface area contributed by atoms with Gasteiger partial charge in [0.05, 0.1) is 5.57 Å². The first kappa shape index (κ1) is 16.9. The van der Waals surface area contributed by atoms with Crippen LogP contribution in [-0.4, -0.2) is 31.1 Å². The summed E-state index contributed by atoms with van der Waals surface area (Å²) in [5, 5.41) is 17.9. The van der Waals surface area contributed by atoms with Crippen molar-refractivity contribution in [2.75, 3.05) is 10.6 Å². The molecule has 0 aliphatic carbocycles. The van der Waals surface area contributed by atoms with Crippen molar-refractivity contribution in [1.29, 1.82) is 0 Å². The largest absolute Gasteiger partial charge is 0.326 e. The van der Waals surface area contributed by atoms with E-state index in [1.54, 1.807) is 17.1 Å². The zero-order chi connectivity index (χ0) is 19.0. The molecule has 3 aromatic rings. The van der Waals surface area contributed by atoms with Crippen LogP contribution in [0.25, 0.3) is 0 Å². The molecule has 1 aliphatic rings. The van der Waals surface area contributed by atoms with E-state index in [1.807, 2.05) is 51.1 Å². The highest BCUT2D eigenvalue weighted by Crippen LogP contribution is 2.34. The summed E-state index contributed by atoms with van der Waals surface area (Å²) in [5.74, 6) is 0.284. The van der Waals surface area contributed by atoms with Crippen molar-refractivity contribution >= 4 is 17.5 Å². The molecule has 1 unspecified atom stereocenters. The molecule has 3 heterocycles. The lowest BCUT2D eigenvalue weighted by Crippen LogP contribution is -2.31. The minimum Gasteiger partial charge on any atom is -0.326 e. The molecule has 0 spiro atoms. The molecule has 1 atom stereocenters. The molecule has 0 bridgehead atoms. The average Bonchev–Trinajstić information content (AvgIpc) is 3.11. The zero-order valence-corrected chi connectivity index (χ0v) is 15.3. The molecular formula is C19H19N7O. The Morgan fingerprint density at radius 1 is 1.22 bits per heavy atom. The highest BCUT2D eigenvalue weighted by atomic mass is 16.1. The number of carbonyl (C=O) groups excluding carboxylic acids is 1. The smallest absolute Gasteiger partial charge is 0.255 e. The number of anilines is 2. The van der Waals surface area contributed by atoms with Gasteiger partial charge in [-0.05, 0) is 54.5 Å². The van der Waals surface area contributed by atoms with E-state index in [9.17, 15) is 4.79 Å². The maximum absolute atomic E-state index is 13.2. The van der Waals surface area contributed by atoms with Gasteiger partial charge in [0.25, 0.3) is 5.91 Å². The molecule has 4 rings (SSSR count). The van der Waals surface area contributed by atoms with Crippen LogP contribution in [0.5, 0.6) is 0 Å². The van der Waals surface area contributed by atoms with E-state index in [0.29, 0.717) is 17.2 Å². The Morgan fingerprint density at radius 3 is 2.81 bits per heavy atom. The van der Waals surface area contributed by atoms with E-state index in [1.165, 1.54) is 0 Å². The molecule has 8 heteroatoms. The van der Waals surface area contributed by atoms with Crippen molar-refractivity contribution < 1.29 is 4.79 Å². The summed E-state index contributed by atoms with van der Waals surface area (Å²) in [6, 6.07) is 9.20. The first-order chi connectivity index (χ1) is 13.0. The number of fused-ring (bicyclic) bond motifs is 1. The van der Waals surface area contributed by atoms with Gasteiger partial charge in [0.2, 0.25) is 5.95 Å². The Kier molecular flexibility index (Phi) is 4.15. The number of aryl methyl sites for hydroxylation is 2. The van der Waals surface area contributed by atoms with Crippen LogP contribution in [0.1, 0.15) is 29.7 Å². The Balaban J connectivity index is 1.75. The Morgan fingerprint density at radius 2 is 2.07 bits per heavy atom. The summed E-state index contributed by atoms with van der Waals surface area (Å²) < 4.78 is 1.60. The number of tetrazole rings is 1. The van der Waals surface area contributed by atoms with Crippen molar-refractivity contribution in [3.63, 3.8) is 0 Å². The number of carbonyl (C=O) groups is 1. The first-order valence-corrected chi connectivity index (χ1v) is 8.59. The highest BCUT2D eigenvalue weighted by Gasteiger charge is 2.34. The summed E-state index contributed by atoms with van der Waals surface area (Å²) >= 11 is 0. The lowest BCUT2D eigenvalue weighted by atomic mass is 9.96. The number of hydrogen-bond donors (Lipinski definition) is 2. The lowest BCUT2D eigenvalue weighted by molar-refractivity contribution is -0.113. The van der Waals surface area contributed by atoms with Crippen molar-refractivity contribution in [2.24, 2.45) is 0 Å². The molecule has 0 saturated heterocycles. The number of rotatable bonds is 3. The number of allylic oxidation sites excluding steroid dienone is 1. The van der Waals surface area contributed by atoms with E-state index in [-0.39, 0.29) is 5.91 Å². The SMILES string of the molecule is CC1=C(C(=O)Nc2ccc(C)cc2C)C(c2cccnc2)n2nnnc2N1. The number of benzene rings is 1. The standard InChI is InChI=1S/C19H19N7O/c1-11-6-7-15(12(2)9-11)22-18(27)16-13(3)21-19-23-24-25-26(19)17(16)14-5-4-8-20-10-14/h4-10,17H,1-3H3,(H,22,27)(H,21,23,25). The molecule has 8 nitrogen and oxygen atoms in total. The predicted octanol–water partition coefficient (Wildman–Crippen LogP) is 2.61. The van der Waals surface area contributed by atoms with Gasteiger partial charge >= 0.3 is 0 Å². The molecule has 0 fully saturated rings. The minimum atomic E-state index is -0.462. The van der Waals surface area contributed by atoms with Crippen molar-refractivity contribution in [2.45, 2.75) is 26.8 Å². The molecule has 0 radical (unpaired) electrons. The monoisotopic (exact) mass is 361 g/mol. The second-order valence-corrected chi connectivity index (χ2v) is 6.57. The van der Waals surface area contributed by atoms with Crippen LogP contribution in [-0.2, 0) is 4.79 Å². The molecule has 27 heavy (non-hydrogen) atoms. The van der Waals surface area contributed by atoms with Crippen LogP contribution in [0, 0.1) is 13.8 Å². The summed E-state index contributed by atoms with van der Waals surface area (Å²) in [6.07, 6.45) is 3.41. The van der Waals surface area contributed by atoms with Crippen LogP contribution in [0.4, 0.5) is 11.6 Å². The topological polar surface area (TPSA) is 97.6 Å². The van der Waals surface area contributed by atoms with Crippen molar-refractivity contribution in [1.82, 2.24) is 25.2 Å². The van der Waals surface area contributed by atoms with Crippen molar-refractivity contribution in [3.05, 3.63) is 70.7 Å². The molecule has 136 valence electrons. The lowest BCUT2D eigenvalue weighted by Gasteiger charge is -2.27. The van der Waals surface area contributed by atoms with Gasteiger partial charge in [-0.15, -0.1) is 0 Å². The second kappa shape index (κ2) is 6.64. The number of amides is 1. The van der Waals surface area contributed by atoms with E-state index < -0.39 is 6.04 Å². The van der Waals surface area contributed by atoms with E-state index >= 15 is 0 Å². The average molecular weight is 361 g/mol. The van der Waals surface area contributed by atoms with E-state index in [0.717, 1.165) is 22.4 Å². The highest BCUT2D eigenvalue weighted by molar-refractivity contribution is 6.06. The first-order valence-electron chi connectivity index (χ1n) is 8.59. The zero-order valence-electron chi connectivity index (χ0n) is 15.3. The number of nitrogens with one attached hydrogen (secondary N) is 2. The molecule has 0 saturated carbocycles. The van der Waals surface area contributed by atoms with Gasteiger partial charge in [-0.3, -0.25) is 9.78 Å². The van der Waals surface area contributed by atoms with Gasteiger partial charge in [0.15, 0.2) is 0 Å². The van der Waals surface area contributed by atoms with Crippen LogP contribution in [0.2, 0.25) is 0 Å². The fourth-order valence-corrected chi connectivity index (χ4v) is 3.30. The fraction of sp³-hybridized carbons (Fsp3) is 0.211. The third-order valence-electron chi connectivity index (χ3n) is 4.59. The third-order valence-corrected chi connectivity index (χ3v) is 4.59. The van der Waals surface area contributed by atoms with E-state index in [4.69, 9.17) is 0 Å². The summed E-state index contributed by atoms with van der Waals surface area (Å²) in [6.45, 7) is 5.84. The molecule has 2 aromatic heterocycles. The fourth-order valence-electron chi connectivity index (χ4n) is 3.30.